The predicted molar refractivity (Wildman–Crippen MR) is 148 cm³/mol. The van der Waals surface area contributed by atoms with Crippen LogP contribution < -0.4 is 0 Å². The molecule has 3 unspecified atom stereocenters. The number of aliphatic hydroxyl groups excluding tert-OH is 1. The van der Waals surface area contributed by atoms with E-state index >= 15 is 0 Å². The molecule has 2 bridgehead atoms. The van der Waals surface area contributed by atoms with Crippen LogP contribution in [0.3, 0.4) is 0 Å². The maximum atomic E-state index is 14.6. The van der Waals surface area contributed by atoms with Gasteiger partial charge in [0.05, 0.1) is 23.2 Å². The third-order valence-electron chi connectivity index (χ3n) is 8.15. The summed E-state index contributed by atoms with van der Waals surface area (Å²) in [4.78, 5) is 45.5. The van der Waals surface area contributed by atoms with Crippen LogP contribution in [-0.2, 0) is 19.1 Å². The molecule has 1 N–H and O–H groups in total. The van der Waals surface area contributed by atoms with Gasteiger partial charge in [-0.05, 0) is 50.9 Å². The van der Waals surface area contributed by atoms with Crippen LogP contribution in [0.2, 0.25) is 0 Å². The monoisotopic (exact) mass is 534 g/mol. The fourth-order valence-electron chi connectivity index (χ4n) is 7.19. The second-order valence-corrected chi connectivity index (χ2v) is 14.2. The standard InChI is InChI=1S/C29H46N2O5S/c1-9-11-16-36-26(35)21-20-17-19(3)29(37-20)22(21)24(33)30(14-12-15-32)23(29)25(34)31(13-10-2)28(7,8)18-27(4,5)6/h9-10,19-23,32H,1-2,11-18H2,3-8H3/t19?,20-,21+,22-,23?,29?/m0/s1. The van der Waals surface area contributed by atoms with Crippen molar-refractivity contribution in [2.75, 3.05) is 26.3 Å². The van der Waals surface area contributed by atoms with Crippen LogP contribution in [0.1, 0.15) is 67.2 Å². The molecule has 208 valence electrons. The number of hydrogen-bond acceptors (Lipinski definition) is 6. The Hall–Kier alpha value is -1.80. The molecule has 37 heavy (non-hydrogen) atoms. The number of rotatable bonds is 12. The average molecular weight is 535 g/mol. The first-order valence-corrected chi connectivity index (χ1v) is 14.4. The maximum absolute atomic E-state index is 14.6. The molecule has 3 aliphatic heterocycles. The number of fused-ring (bicyclic) bond motifs is 1. The molecule has 0 aromatic rings. The number of likely N-dealkylation sites (tertiary alicyclic amines) is 1. The Morgan fingerprint density at radius 3 is 2.49 bits per heavy atom. The lowest BCUT2D eigenvalue weighted by molar-refractivity contribution is -0.154. The smallest absolute Gasteiger partial charge is 0.310 e. The van der Waals surface area contributed by atoms with Crippen molar-refractivity contribution >= 4 is 29.5 Å². The molecule has 8 heteroatoms. The predicted octanol–water partition coefficient (Wildman–Crippen LogP) is 4.05. The van der Waals surface area contributed by atoms with Gasteiger partial charge in [-0.2, -0.15) is 0 Å². The van der Waals surface area contributed by atoms with E-state index in [-0.39, 0.29) is 54.1 Å². The van der Waals surface area contributed by atoms with Gasteiger partial charge < -0.3 is 19.6 Å². The number of carbonyl (C=O) groups is 3. The summed E-state index contributed by atoms with van der Waals surface area (Å²) < 4.78 is 4.87. The van der Waals surface area contributed by atoms with Gasteiger partial charge in [0, 0.05) is 30.5 Å². The molecule has 1 spiro atoms. The number of hydrogen-bond donors (Lipinski definition) is 1. The normalized spacial score (nSPS) is 30.8. The summed E-state index contributed by atoms with van der Waals surface area (Å²) in [5.74, 6) is -1.69. The number of ether oxygens (including phenoxy) is 1. The summed E-state index contributed by atoms with van der Waals surface area (Å²) in [5.41, 5.74) is -0.488. The van der Waals surface area contributed by atoms with Gasteiger partial charge >= 0.3 is 5.97 Å². The molecular weight excluding hydrogens is 488 g/mol. The quantitative estimate of drug-likeness (QED) is 0.231. The van der Waals surface area contributed by atoms with Crippen molar-refractivity contribution in [1.29, 1.82) is 0 Å². The van der Waals surface area contributed by atoms with Crippen LogP contribution in [0, 0.1) is 23.2 Å². The zero-order valence-corrected chi connectivity index (χ0v) is 24.3. The average Bonchev–Trinajstić information content (AvgIpc) is 3.37. The highest BCUT2D eigenvalue weighted by molar-refractivity contribution is 8.02. The lowest BCUT2D eigenvalue weighted by Crippen LogP contribution is -2.61. The minimum atomic E-state index is -0.702. The Balaban J connectivity index is 2.06. The topological polar surface area (TPSA) is 87.2 Å². The Morgan fingerprint density at radius 1 is 1.24 bits per heavy atom. The molecule has 2 amide bonds. The van der Waals surface area contributed by atoms with E-state index < -0.39 is 28.2 Å². The van der Waals surface area contributed by atoms with Crippen molar-refractivity contribution in [2.45, 2.75) is 88.8 Å². The zero-order chi connectivity index (χ0) is 27.8. The van der Waals surface area contributed by atoms with E-state index in [1.165, 1.54) is 0 Å². The van der Waals surface area contributed by atoms with Crippen molar-refractivity contribution in [1.82, 2.24) is 9.80 Å². The Labute approximate surface area is 227 Å². The number of esters is 1. The fraction of sp³-hybridized carbons (Fsp3) is 0.759. The molecular formula is C29H46N2O5S. The van der Waals surface area contributed by atoms with Crippen LogP contribution in [0.25, 0.3) is 0 Å². The van der Waals surface area contributed by atoms with Gasteiger partial charge in [0.2, 0.25) is 11.8 Å². The molecule has 3 rings (SSSR count). The summed E-state index contributed by atoms with van der Waals surface area (Å²) in [6.45, 7) is 21.2. The van der Waals surface area contributed by atoms with Crippen molar-refractivity contribution in [3.05, 3.63) is 25.3 Å². The third-order valence-corrected chi connectivity index (χ3v) is 10.2. The minimum absolute atomic E-state index is 0.0137. The van der Waals surface area contributed by atoms with Gasteiger partial charge in [-0.3, -0.25) is 14.4 Å². The SMILES string of the molecule is C=CCCOC(=O)[C@@H]1[C@@H]2CC(C)C3(S2)C(C(=O)N(CC=C)C(C)(C)CC(C)(C)C)N(CCCO)C(=O)[C@H]13. The molecule has 0 radical (unpaired) electrons. The Kier molecular flexibility index (Phi) is 8.95. The largest absolute Gasteiger partial charge is 0.465 e. The van der Waals surface area contributed by atoms with E-state index in [9.17, 15) is 19.5 Å². The molecule has 3 fully saturated rings. The second-order valence-electron chi connectivity index (χ2n) is 12.7. The van der Waals surface area contributed by atoms with Crippen molar-refractivity contribution < 1.29 is 24.2 Å². The number of thioether (sulfide) groups is 1. The molecule has 0 aromatic carbocycles. The van der Waals surface area contributed by atoms with E-state index in [2.05, 4.69) is 54.7 Å². The Morgan fingerprint density at radius 2 is 1.92 bits per heavy atom. The molecule has 3 aliphatic rings. The number of carbonyl (C=O) groups excluding carboxylic acids is 3. The van der Waals surface area contributed by atoms with E-state index in [1.54, 1.807) is 28.8 Å². The van der Waals surface area contributed by atoms with Gasteiger partial charge in [-0.1, -0.05) is 39.8 Å². The van der Waals surface area contributed by atoms with E-state index in [1.807, 2.05) is 4.90 Å². The second kappa shape index (κ2) is 11.1. The van der Waals surface area contributed by atoms with Crippen LogP contribution >= 0.6 is 11.8 Å². The Bertz CT molecular complexity index is 912. The van der Waals surface area contributed by atoms with Gasteiger partial charge in [0.25, 0.3) is 0 Å². The molecule has 0 aliphatic carbocycles. The van der Waals surface area contributed by atoms with E-state index in [0.29, 0.717) is 19.4 Å². The summed E-state index contributed by atoms with van der Waals surface area (Å²) >= 11 is 1.65. The molecule has 3 saturated heterocycles. The van der Waals surface area contributed by atoms with Gasteiger partial charge in [0.15, 0.2) is 0 Å². The molecule has 6 atom stereocenters. The lowest BCUT2D eigenvalue weighted by Gasteiger charge is -2.46. The van der Waals surface area contributed by atoms with E-state index in [4.69, 9.17) is 4.74 Å². The molecule has 0 aromatic heterocycles. The number of nitrogens with zero attached hydrogens (tertiary/aromatic N) is 2. The number of aliphatic hydroxyl groups is 1. The molecule has 7 nitrogen and oxygen atoms in total. The van der Waals surface area contributed by atoms with Gasteiger partial charge in [-0.15, -0.1) is 24.9 Å². The third kappa shape index (κ3) is 5.38. The highest BCUT2D eigenvalue weighted by Gasteiger charge is 2.76. The summed E-state index contributed by atoms with van der Waals surface area (Å²) in [7, 11) is 0. The van der Waals surface area contributed by atoms with E-state index in [0.717, 1.165) is 12.8 Å². The molecule has 0 saturated carbocycles. The first-order chi connectivity index (χ1) is 17.3. The summed E-state index contributed by atoms with van der Waals surface area (Å²) in [5, 5.41) is 9.55. The maximum Gasteiger partial charge on any atom is 0.310 e. The number of amides is 2. The van der Waals surface area contributed by atoms with Gasteiger partial charge in [-0.25, -0.2) is 0 Å². The van der Waals surface area contributed by atoms with Crippen LogP contribution in [0.5, 0.6) is 0 Å². The fourth-order valence-corrected chi connectivity index (χ4v) is 9.60. The highest BCUT2D eigenvalue weighted by atomic mass is 32.2. The minimum Gasteiger partial charge on any atom is -0.465 e. The summed E-state index contributed by atoms with van der Waals surface area (Å²) in [6, 6.07) is -0.702. The van der Waals surface area contributed by atoms with Crippen molar-refractivity contribution in [3.8, 4) is 0 Å². The van der Waals surface area contributed by atoms with Crippen molar-refractivity contribution in [2.24, 2.45) is 23.2 Å². The van der Waals surface area contributed by atoms with Crippen molar-refractivity contribution in [3.63, 3.8) is 0 Å². The highest BCUT2D eigenvalue weighted by Crippen LogP contribution is 2.69. The zero-order valence-electron chi connectivity index (χ0n) is 23.5. The lowest BCUT2D eigenvalue weighted by atomic mass is 9.66. The summed E-state index contributed by atoms with van der Waals surface area (Å²) in [6.07, 6.45) is 5.92. The van der Waals surface area contributed by atoms with Crippen LogP contribution in [0.4, 0.5) is 0 Å². The van der Waals surface area contributed by atoms with Crippen LogP contribution in [0.15, 0.2) is 25.3 Å². The first-order valence-electron chi connectivity index (χ1n) is 13.6. The molecule has 3 heterocycles. The van der Waals surface area contributed by atoms with Crippen LogP contribution in [-0.4, -0.2) is 80.6 Å². The first kappa shape index (κ1) is 29.8. The van der Waals surface area contributed by atoms with Gasteiger partial charge in [0.1, 0.15) is 6.04 Å².